The minimum atomic E-state index is -4.14. The van der Waals surface area contributed by atoms with E-state index >= 15 is 0 Å². The van der Waals surface area contributed by atoms with Crippen LogP contribution in [-0.4, -0.2) is 37.8 Å². The van der Waals surface area contributed by atoms with Crippen molar-refractivity contribution in [1.82, 2.24) is 10.2 Å². The first-order valence-corrected chi connectivity index (χ1v) is 6.87. The van der Waals surface area contributed by atoms with Crippen LogP contribution in [0.2, 0.25) is 0 Å². The lowest BCUT2D eigenvalue weighted by Gasteiger charge is -2.29. The van der Waals surface area contributed by atoms with Crippen LogP contribution >= 0.6 is 0 Å². The van der Waals surface area contributed by atoms with E-state index in [-0.39, 0.29) is 12.0 Å². The van der Waals surface area contributed by atoms with E-state index in [9.17, 15) is 13.2 Å². The Morgan fingerprint density at radius 2 is 1.80 bits per heavy atom. The fourth-order valence-electron chi connectivity index (χ4n) is 2.50. The molecule has 1 N–H and O–H groups in total. The Hall–Kier alpha value is -1.07. The number of hydrogen-bond acceptors (Lipinski definition) is 2. The molecule has 0 aliphatic carbocycles. The van der Waals surface area contributed by atoms with Gasteiger partial charge in [0.2, 0.25) is 0 Å². The fraction of sp³-hybridized carbons (Fsp3) is 0.600. The Kier molecular flexibility index (Phi) is 6.49. The summed E-state index contributed by atoms with van der Waals surface area (Å²) in [6.07, 6.45) is -4.14. The van der Waals surface area contributed by atoms with Crippen LogP contribution in [0.1, 0.15) is 25.5 Å². The van der Waals surface area contributed by atoms with Crippen LogP contribution in [0.25, 0.3) is 0 Å². The van der Waals surface area contributed by atoms with E-state index in [0.717, 1.165) is 12.1 Å². The number of halogens is 3. The van der Waals surface area contributed by atoms with E-state index in [1.807, 2.05) is 44.2 Å². The normalized spacial score (nSPS) is 15.3. The minimum Gasteiger partial charge on any atom is -0.310 e. The molecule has 0 saturated heterocycles. The smallest absolute Gasteiger partial charge is 0.310 e. The lowest BCUT2D eigenvalue weighted by molar-refractivity contribution is -0.144. The quantitative estimate of drug-likeness (QED) is 0.826. The predicted octanol–water partition coefficient (Wildman–Crippen LogP) is 3.47. The summed E-state index contributed by atoms with van der Waals surface area (Å²) in [5.41, 5.74) is 1.11. The topological polar surface area (TPSA) is 15.3 Å². The molecule has 0 saturated carbocycles. The molecule has 1 rings (SSSR count). The molecule has 0 fully saturated rings. The number of rotatable bonds is 7. The summed E-state index contributed by atoms with van der Waals surface area (Å²) in [7, 11) is 1.51. The van der Waals surface area contributed by atoms with Gasteiger partial charge >= 0.3 is 6.18 Å². The number of nitrogens with one attached hydrogen (secondary N) is 1. The van der Waals surface area contributed by atoms with E-state index in [2.05, 4.69) is 5.32 Å². The summed E-state index contributed by atoms with van der Waals surface area (Å²) >= 11 is 0. The maximum Gasteiger partial charge on any atom is 0.401 e. The Morgan fingerprint density at radius 3 is 2.30 bits per heavy atom. The molecule has 2 unspecified atom stereocenters. The highest BCUT2D eigenvalue weighted by atomic mass is 19.4. The highest BCUT2D eigenvalue weighted by Crippen LogP contribution is 2.23. The highest BCUT2D eigenvalue weighted by Gasteiger charge is 2.30. The van der Waals surface area contributed by atoms with Gasteiger partial charge in [0.1, 0.15) is 0 Å². The lowest BCUT2D eigenvalue weighted by Crippen LogP contribution is -2.38. The van der Waals surface area contributed by atoms with Crippen LogP contribution in [0.15, 0.2) is 30.3 Å². The molecular formula is C15H23F3N2. The molecular weight excluding hydrogens is 265 g/mol. The number of benzene rings is 1. The number of alkyl halides is 3. The Balaban J connectivity index is 2.68. The summed E-state index contributed by atoms with van der Waals surface area (Å²) in [6, 6.07) is 9.92. The largest absolute Gasteiger partial charge is 0.401 e. The molecule has 1 aromatic carbocycles. The molecule has 2 nitrogen and oxygen atoms in total. The third-order valence-corrected chi connectivity index (χ3v) is 3.20. The van der Waals surface area contributed by atoms with E-state index < -0.39 is 12.7 Å². The molecule has 0 amide bonds. The van der Waals surface area contributed by atoms with E-state index in [0.29, 0.717) is 6.54 Å². The van der Waals surface area contributed by atoms with Gasteiger partial charge in [-0.3, -0.25) is 4.90 Å². The Bertz CT molecular complexity index is 378. The SMILES string of the molecule is CCNC(c1ccccc1)C(C)CN(C)CC(F)(F)F. The number of nitrogens with zero attached hydrogens (tertiary/aromatic N) is 1. The molecule has 0 radical (unpaired) electrons. The van der Waals surface area contributed by atoms with Gasteiger partial charge in [-0.05, 0) is 25.1 Å². The molecule has 0 bridgehead atoms. The van der Waals surface area contributed by atoms with Crippen molar-refractivity contribution in [1.29, 1.82) is 0 Å². The minimum absolute atomic E-state index is 0.0666. The van der Waals surface area contributed by atoms with Crippen LogP contribution in [0.3, 0.4) is 0 Å². The van der Waals surface area contributed by atoms with Gasteiger partial charge in [-0.15, -0.1) is 0 Å². The predicted molar refractivity (Wildman–Crippen MR) is 75.6 cm³/mol. The van der Waals surface area contributed by atoms with Crippen LogP contribution < -0.4 is 5.32 Å². The molecule has 114 valence electrons. The van der Waals surface area contributed by atoms with Crippen molar-refractivity contribution in [2.24, 2.45) is 5.92 Å². The van der Waals surface area contributed by atoms with Gasteiger partial charge in [0.25, 0.3) is 0 Å². The van der Waals surface area contributed by atoms with Gasteiger partial charge in [-0.2, -0.15) is 13.2 Å². The van der Waals surface area contributed by atoms with Gasteiger partial charge in [-0.25, -0.2) is 0 Å². The van der Waals surface area contributed by atoms with Crippen molar-refractivity contribution in [2.75, 3.05) is 26.7 Å². The van der Waals surface area contributed by atoms with Crippen molar-refractivity contribution in [2.45, 2.75) is 26.1 Å². The van der Waals surface area contributed by atoms with Crippen molar-refractivity contribution in [3.05, 3.63) is 35.9 Å². The van der Waals surface area contributed by atoms with Crippen LogP contribution in [0.5, 0.6) is 0 Å². The van der Waals surface area contributed by atoms with Crippen molar-refractivity contribution < 1.29 is 13.2 Å². The monoisotopic (exact) mass is 288 g/mol. The molecule has 0 heterocycles. The molecule has 0 aromatic heterocycles. The average molecular weight is 288 g/mol. The fourth-order valence-corrected chi connectivity index (χ4v) is 2.50. The van der Waals surface area contributed by atoms with Gasteiger partial charge < -0.3 is 5.32 Å². The summed E-state index contributed by atoms with van der Waals surface area (Å²) in [4.78, 5) is 1.33. The van der Waals surface area contributed by atoms with Crippen molar-refractivity contribution in [3.63, 3.8) is 0 Å². The zero-order chi connectivity index (χ0) is 15.2. The number of hydrogen-bond donors (Lipinski definition) is 1. The molecule has 20 heavy (non-hydrogen) atoms. The van der Waals surface area contributed by atoms with Crippen molar-refractivity contribution >= 4 is 0 Å². The zero-order valence-electron chi connectivity index (χ0n) is 12.2. The van der Waals surface area contributed by atoms with Gasteiger partial charge in [0, 0.05) is 12.6 Å². The van der Waals surface area contributed by atoms with Crippen molar-refractivity contribution in [3.8, 4) is 0 Å². The zero-order valence-corrected chi connectivity index (χ0v) is 12.2. The van der Waals surface area contributed by atoms with Gasteiger partial charge in [0.15, 0.2) is 0 Å². The summed E-state index contributed by atoms with van der Waals surface area (Å²) in [6.45, 7) is 4.29. The van der Waals surface area contributed by atoms with Crippen LogP contribution in [-0.2, 0) is 0 Å². The molecule has 1 aromatic rings. The molecule has 5 heteroatoms. The summed E-state index contributed by atoms with van der Waals surface area (Å²) in [5, 5.41) is 3.36. The van der Waals surface area contributed by atoms with Crippen LogP contribution in [0, 0.1) is 5.92 Å². The Labute approximate surface area is 119 Å². The highest BCUT2D eigenvalue weighted by molar-refractivity contribution is 5.19. The third kappa shape index (κ3) is 5.92. The first-order valence-electron chi connectivity index (χ1n) is 6.87. The first kappa shape index (κ1) is 17.0. The second-order valence-corrected chi connectivity index (χ2v) is 5.24. The summed E-state index contributed by atoms with van der Waals surface area (Å²) in [5.74, 6) is 0.0877. The standard InChI is InChI=1S/C15H23F3N2/c1-4-19-14(13-8-6-5-7-9-13)12(2)10-20(3)11-15(16,17)18/h5-9,12,14,19H,4,10-11H2,1-3H3. The molecule has 0 aliphatic heterocycles. The molecule has 0 spiro atoms. The third-order valence-electron chi connectivity index (χ3n) is 3.20. The van der Waals surface area contributed by atoms with E-state index in [4.69, 9.17) is 0 Å². The average Bonchev–Trinajstić information content (AvgIpc) is 2.34. The van der Waals surface area contributed by atoms with Gasteiger partial charge in [-0.1, -0.05) is 44.2 Å². The maximum absolute atomic E-state index is 12.4. The maximum atomic E-state index is 12.4. The molecule has 0 aliphatic rings. The van der Waals surface area contributed by atoms with Crippen LogP contribution in [0.4, 0.5) is 13.2 Å². The van der Waals surface area contributed by atoms with E-state index in [1.54, 1.807) is 0 Å². The van der Waals surface area contributed by atoms with E-state index in [1.165, 1.54) is 11.9 Å². The lowest BCUT2D eigenvalue weighted by atomic mass is 9.94. The molecule has 2 atom stereocenters. The second-order valence-electron chi connectivity index (χ2n) is 5.24. The first-order chi connectivity index (χ1) is 9.33. The van der Waals surface area contributed by atoms with Gasteiger partial charge in [0.05, 0.1) is 6.54 Å². The Morgan fingerprint density at radius 1 is 1.20 bits per heavy atom. The summed E-state index contributed by atoms with van der Waals surface area (Å²) < 4.78 is 37.1. The second kappa shape index (κ2) is 7.64.